The Bertz CT molecular complexity index is 601. The lowest BCUT2D eigenvalue weighted by Crippen LogP contribution is -2.15. The molecule has 0 bridgehead atoms. The molecule has 0 spiro atoms. The van der Waals surface area contributed by atoms with Gasteiger partial charge in [0.05, 0.1) is 0 Å². The Balaban J connectivity index is 1.97. The van der Waals surface area contributed by atoms with Crippen LogP contribution >= 0.6 is 11.6 Å². The van der Waals surface area contributed by atoms with E-state index in [1.165, 1.54) is 0 Å². The highest BCUT2D eigenvalue weighted by Crippen LogP contribution is 2.18. The number of nitrogens with zero attached hydrogens (tertiary/aromatic N) is 2. The van der Waals surface area contributed by atoms with Gasteiger partial charge in [-0.15, -0.1) is 0 Å². The first-order valence-electron chi connectivity index (χ1n) is 6.06. The fourth-order valence-corrected chi connectivity index (χ4v) is 2.00. The highest BCUT2D eigenvalue weighted by atomic mass is 35.5. The summed E-state index contributed by atoms with van der Waals surface area (Å²) in [4.78, 5) is 3.97. The number of aromatic nitrogens is 1. The van der Waals surface area contributed by atoms with Gasteiger partial charge in [0.2, 0.25) is 0 Å². The largest absolute Gasteiger partial charge is 0.409 e. The summed E-state index contributed by atoms with van der Waals surface area (Å²) in [5, 5.41) is 15.4. The smallest absolute Gasteiger partial charge is 0.170 e. The van der Waals surface area contributed by atoms with E-state index in [1.807, 2.05) is 18.2 Å². The molecule has 5 nitrogen and oxygen atoms in total. The van der Waals surface area contributed by atoms with Crippen molar-refractivity contribution in [3.05, 3.63) is 64.4 Å². The Kier molecular flexibility index (Phi) is 4.92. The molecule has 104 valence electrons. The lowest BCUT2D eigenvalue weighted by atomic mass is 10.1. The van der Waals surface area contributed by atoms with Crippen LogP contribution in [0, 0.1) is 0 Å². The molecule has 0 saturated carbocycles. The van der Waals surface area contributed by atoms with Crippen LogP contribution in [0.5, 0.6) is 0 Å². The van der Waals surface area contributed by atoms with Gasteiger partial charge in [-0.2, -0.15) is 0 Å². The molecule has 0 unspecified atom stereocenters. The molecule has 4 N–H and O–H groups in total. The van der Waals surface area contributed by atoms with Crippen LogP contribution in [-0.4, -0.2) is 16.0 Å². The third-order valence-corrected chi connectivity index (χ3v) is 3.20. The van der Waals surface area contributed by atoms with E-state index in [0.29, 0.717) is 17.1 Å². The molecular weight excluding hydrogens is 276 g/mol. The highest BCUT2D eigenvalue weighted by Gasteiger charge is 2.05. The molecule has 0 aliphatic carbocycles. The molecule has 0 aliphatic heterocycles. The van der Waals surface area contributed by atoms with Crippen molar-refractivity contribution in [2.24, 2.45) is 10.9 Å². The number of benzene rings is 1. The number of amidine groups is 1. The topological polar surface area (TPSA) is 83.5 Å². The summed E-state index contributed by atoms with van der Waals surface area (Å²) >= 11 is 6.17. The van der Waals surface area contributed by atoms with E-state index in [1.54, 1.807) is 24.5 Å². The van der Waals surface area contributed by atoms with Crippen molar-refractivity contribution in [3.8, 4) is 0 Å². The predicted octanol–water partition coefficient (Wildman–Crippen LogP) is 2.12. The number of oxime groups is 1. The van der Waals surface area contributed by atoms with Crippen molar-refractivity contribution in [1.29, 1.82) is 0 Å². The molecule has 1 aromatic heterocycles. The zero-order valence-corrected chi connectivity index (χ0v) is 11.5. The molecule has 0 fully saturated rings. The third-order valence-electron chi connectivity index (χ3n) is 2.85. The summed E-state index contributed by atoms with van der Waals surface area (Å²) in [6.45, 7) is 1.37. The van der Waals surface area contributed by atoms with E-state index in [2.05, 4.69) is 15.5 Å². The fourth-order valence-electron chi connectivity index (χ4n) is 1.75. The minimum absolute atomic E-state index is 0.0446. The Morgan fingerprint density at radius 2 is 2.00 bits per heavy atom. The second-order valence-corrected chi connectivity index (χ2v) is 4.66. The zero-order valence-electron chi connectivity index (χ0n) is 10.8. The summed E-state index contributed by atoms with van der Waals surface area (Å²) < 4.78 is 0. The molecule has 1 aromatic carbocycles. The maximum Gasteiger partial charge on any atom is 0.170 e. The minimum Gasteiger partial charge on any atom is -0.409 e. The first kappa shape index (κ1) is 14.3. The van der Waals surface area contributed by atoms with Crippen molar-refractivity contribution in [1.82, 2.24) is 10.3 Å². The summed E-state index contributed by atoms with van der Waals surface area (Å²) in [6, 6.07) is 9.21. The third kappa shape index (κ3) is 3.69. The van der Waals surface area contributed by atoms with Crippen LogP contribution in [-0.2, 0) is 13.1 Å². The van der Waals surface area contributed by atoms with Gasteiger partial charge in [0, 0.05) is 36.1 Å². The first-order valence-corrected chi connectivity index (χ1v) is 6.44. The van der Waals surface area contributed by atoms with Crippen molar-refractivity contribution in [2.45, 2.75) is 13.1 Å². The predicted molar refractivity (Wildman–Crippen MR) is 78.7 cm³/mol. The highest BCUT2D eigenvalue weighted by molar-refractivity contribution is 6.31. The first-order chi connectivity index (χ1) is 9.70. The number of hydrogen-bond donors (Lipinski definition) is 3. The van der Waals surface area contributed by atoms with Crippen LogP contribution in [0.15, 0.2) is 47.9 Å². The summed E-state index contributed by atoms with van der Waals surface area (Å²) in [6.07, 6.45) is 3.52. The van der Waals surface area contributed by atoms with Gasteiger partial charge in [-0.1, -0.05) is 28.9 Å². The monoisotopic (exact) mass is 290 g/mol. The SMILES string of the molecule is N/C(=N/O)c1ccc(CNCc2ccncc2)c(Cl)c1. The average Bonchev–Trinajstić information content (AvgIpc) is 2.49. The molecule has 0 aliphatic rings. The van der Waals surface area contributed by atoms with Crippen molar-refractivity contribution < 1.29 is 5.21 Å². The van der Waals surface area contributed by atoms with Gasteiger partial charge >= 0.3 is 0 Å². The van der Waals surface area contributed by atoms with Crippen molar-refractivity contribution >= 4 is 17.4 Å². The zero-order chi connectivity index (χ0) is 14.4. The second kappa shape index (κ2) is 6.88. The summed E-state index contributed by atoms with van der Waals surface area (Å²) in [5.41, 5.74) is 8.21. The van der Waals surface area contributed by atoms with Gasteiger partial charge in [-0.05, 0) is 29.3 Å². The number of rotatable bonds is 5. The lowest BCUT2D eigenvalue weighted by molar-refractivity contribution is 0.318. The molecular formula is C14H15ClN4O. The van der Waals surface area contributed by atoms with Crippen LogP contribution in [0.2, 0.25) is 5.02 Å². The van der Waals surface area contributed by atoms with Gasteiger partial charge in [-0.3, -0.25) is 4.98 Å². The number of pyridine rings is 1. The Hall–Kier alpha value is -2.11. The number of nitrogens with one attached hydrogen (secondary N) is 1. The number of nitrogens with two attached hydrogens (primary N) is 1. The fraction of sp³-hybridized carbons (Fsp3) is 0.143. The van der Waals surface area contributed by atoms with Crippen LogP contribution in [0.3, 0.4) is 0 Å². The van der Waals surface area contributed by atoms with Gasteiger partial charge in [0.1, 0.15) is 0 Å². The molecule has 6 heteroatoms. The standard InChI is InChI=1S/C14H15ClN4O/c15-13-7-11(14(16)19-20)1-2-12(13)9-18-8-10-3-5-17-6-4-10/h1-7,18,20H,8-9H2,(H2,16,19). The molecule has 2 aromatic rings. The number of hydrogen-bond acceptors (Lipinski definition) is 4. The summed E-state index contributed by atoms with van der Waals surface area (Å²) in [5.74, 6) is 0.0446. The van der Waals surface area contributed by atoms with E-state index >= 15 is 0 Å². The Morgan fingerprint density at radius 1 is 1.25 bits per heavy atom. The van der Waals surface area contributed by atoms with Crippen LogP contribution < -0.4 is 11.1 Å². The average molecular weight is 291 g/mol. The quantitative estimate of drug-likeness (QED) is 0.341. The van der Waals surface area contributed by atoms with Crippen molar-refractivity contribution in [2.75, 3.05) is 0 Å². The van der Waals surface area contributed by atoms with E-state index in [0.717, 1.165) is 17.7 Å². The van der Waals surface area contributed by atoms with Crippen LogP contribution in [0.4, 0.5) is 0 Å². The normalized spacial score (nSPS) is 11.6. The minimum atomic E-state index is 0.0446. The maximum atomic E-state index is 8.62. The van der Waals surface area contributed by atoms with E-state index in [-0.39, 0.29) is 5.84 Å². The second-order valence-electron chi connectivity index (χ2n) is 4.25. The van der Waals surface area contributed by atoms with Crippen LogP contribution in [0.1, 0.15) is 16.7 Å². The molecule has 2 rings (SSSR count). The Morgan fingerprint density at radius 3 is 2.65 bits per heavy atom. The van der Waals surface area contributed by atoms with Gasteiger partial charge in [0.25, 0.3) is 0 Å². The molecule has 20 heavy (non-hydrogen) atoms. The van der Waals surface area contributed by atoms with E-state index in [9.17, 15) is 0 Å². The molecule has 1 heterocycles. The van der Waals surface area contributed by atoms with E-state index < -0.39 is 0 Å². The van der Waals surface area contributed by atoms with Crippen molar-refractivity contribution in [3.63, 3.8) is 0 Å². The maximum absolute atomic E-state index is 8.62. The molecule has 0 radical (unpaired) electrons. The van der Waals surface area contributed by atoms with E-state index in [4.69, 9.17) is 22.5 Å². The van der Waals surface area contributed by atoms with Gasteiger partial charge in [-0.25, -0.2) is 0 Å². The summed E-state index contributed by atoms with van der Waals surface area (Å²) in [7, 11) is 0. The van der Waals surface area contributed by atoms with Crippen LogP contribution in [0.25, 0.3) is 0 Å². The number of halogens is 1. The lowest BCUT2D eigenvalue weighted by Gasteiger charge is -2.08. The molecule has 0 amide bonds. The molecule has 0 saturated heterocycles. The molecule has 0 atom stereocenters. The van der Waals surface area contributed by atoms with Gasteiger partial charge in [0.15, 0.2) is 5.84 Å². The Labute approximate surface area is 122 Å². The van der Waals surface area contributed by atoms with Gasteiger partial charge < -0.3 is 16.3 Å².